The highest BCUT2D eigenvalue weighted by Crippen LogP contribution is 2.37. The number of benzene rings is 2. The number of anilines is 1. The zero-order valence-electron chi connectivity index (χ0n) is 16.3. The molecule has 154 valence electrons. The van der Waals surface area contributed by atoms with E-state index < -0.39 is 39.8 Å². The molecule has 0 saturated carbocycles. The Balaban J connectivity index is 2.11. The van der Waals surface area contributed by atoms with Crippen LogP contribution in [0.1, 0.15) is 16.7 Å². The fraction of sp³-hybridized carbons (Fsp3) is 0.150. The molecule has 0 aliphatic carbocycles. The lowest BCUT2D eigenvalue weighted by Crippen LogP contribution is -2.54. The van der Waals surface area contributed by atoms with E-state index in [1.54, 1.807) is 26.0 Å². The minimum Gasteiger partial charge on any atom is -0.500 e. The van der Waals surface area contributed by atoms with Crippen LogP contribution in [0.5, 0.6) is 11.5 Å². The zero-order valence-corrected chi connectivity index (χ0v) is 16.3. The maximum Gasteiger partial charge on any atom is 0.335 e. The minimum absolute atomic E-state index is 0.0598. The van der Waals surface area contributed by atoms with Crippen LogP contribution in [0.25, 0.3) is 6.08 Å². The van der Waals surface area contributed by atoms with E-state index >= 15 is 0 Å². The monoisotopic (exact) mass is 411 g/mol. The number of nitro benzene ring substituents is 1. The van der Waals surface area contributed by atoms with Crippen molar-refractivity contribution in [3.8, 4) is 11.5 Å². The highest BCUT2D eigenvalue weighted by atomic mass is 16.6. The summed E-state index contributed by atoms with van der Waals surface area (Å²) in [5, 5.41) is 23.2. The Labute approximate surface area is 170 Å². The van der Waals surface area contributed by atoms with Gasteiger partial charge in [0.1, 0.15) is 5.57 Å². The summed E-state index contributed by atoms with van der Waals surface area (Å²) in [7, 11) is 1.20. The highest BCUT2D eigenvalue weighted by molar-refractivity contribution is 6.39. The summed E-state index contributed by atoms with van der Waals surface area (Å²) in [5.74, 6) is -2.72. The number of methoxy groups -OCH3 is 1. The number of hydrogen-bond acceptors (Lipinski definition) is 7. The van der Waals surface area contributed by atoms with Crippen molar-refractivity contribution in [3.05, 3.63) is 62.7 Å². The molecule has 3 rings (SSSR count). The number of nitrogens with zero attached hydrogens (tertiary/aromatic N) is 2. The number of nitro groups is 1. The second-order valence-electron chi connectivity index (χ2n) is 6.65. The van der Waals surface area contributed by atoms with Gasteiger partial charge < -0.3 is 9.84 Å². The lowest BCUT2D eigenvalue weighted by molar-refractivity contribution is -0.386. The number of ether oxygens (including phenoxy) is 1. The van der Waals surface area contributed by atoms with Gasteiger partial charge in [-0.05, 0) is 54.8 Å². The number of nitrogens with one attached hydrogen (secondary N) is 1. The van der Waals surface area contributed by atoms with Crippen molar-refractivity contribution in [2.45, 2.75) is 13.8 Å². The van der Waals surface area contributed by atoms with Crippen molar-refractivity contribution in [1.29, 1.82) is 0 Å². The third-order valence-corrected chi connectivity index (χ3v) is 4.37. The number of carbonyl (C=O) groups is 3. The molecule has 0 bridgehead atoms. The molecule has 1 heterocycles. The molecule has 4 amide bonds. The van der Waals surface area contributed by atoms with Gasteiger partial charge in [0.2, 0.25) is 5.75 Å². The summed E-state index contributed by atoms with van der Waals surface area (Å²) in [6, 6.07) is 6.41. The quantitative estimate of drug-likeness (QED) is 0.341. The third-order valence-electron chi connectivity index (χ3n) is 4.37. The van der Waals surface area contributed by atoms with E-state index in [0.29, 0.717) is 0 Å². The predicted molar refractivity (Wildman–Crippen MR) is 106 cm³/mol. The van der Waals surface area contributed by atoms with Crippen LogP contribution >= 0.6 is 0 Å². The van der Waals surface area contributed by atoms with Gasteiger partial charge in [-0.1, -0.05) is 6.07 Å². The molecule has 1 aliphatic rings. The van der Waals surface area contributed by atoms with Gasteiger partial charge in [-0.2, -0.15) is 0 Å². The fourth-order valence-electron chi connectivity index (χ4n) is 3.13. The topological polar surface area (TPSA) is 139 Å². The average molecular weight is 411 g/mol. The van der Waals surface area contributed by atoms with Gasteiger partial charge in [0, 0.05) is 6.07 Å². The van der Waals surface area contributed by atoms with E-state index in [0.717, 1.165) is 28.2 Å². The van der Waals surface area contributed by atoms with E-state index in [2.05, 4.69) is 5.32 Å². The largest absolute Gasteiger partial charge is 0.500 e. The first-order chi connectivity index (χ1) is 14.1. The van der Waals surface area contributed by atoms with Gasteiger partial charge in [-0.25, -0.2) is 9.69 Å². The molecular formula is C20H17N3O7. The Morgan fingerprint density at radius 3 is 2.30 bits per heavy atom. The Morgan fingerprint density at radius 2 is 1.73 bits per heavy atom. The SMILES string of the molecule is COc1cc(C=C2C(=O)NC(=O)N(c3cc(C)cc(C)c3)C2=O)cc([N+](=O)[O-])c1O. The Morgan fingerprint density at radius 1 is 1.10 bits per heavy atom. The molecule has 0 radical (unpaired) electrons. The predicted octanol–water partition coefficient (Wildman–Crippen LogP) is 2.59. The van der Waals surface area contributed by atoms with Crippen LogP contribution < -0.4 is 15.0 Å². The normalized spacial score (nSPS) is 15.4. The number of rotatable bonds is 4. The van der Waals surface area contributed by atoms with E-state index in [1.165, 1.54) is 13.2 Å². The first-order valence-electron chi connectivity index (χ1n) is 8.67. The molecule has 0 atom stereocenters. The number of aromatic hydroxyl groups is 1. The number of carbonyl (C=O) groups excluding carboxylic acids is 3. The molecule has 0 spiro atoms. The molecule has 2 aromatic rings. The van der Waals surface area contributed by atoms with E-state index in [4.69, 9.17) is 4.74 Å². The lowest BCUT2D eigenvalue weighted by Gasteiger charge is -2.27. The lowest BCUT2D eigenvalue weighted by atomic mass is 10.0. The molecule has 0 aromatic heterocycles. The van der Waals surface area contributed by atoms with Crippen molar-refractivity contribution in [3.63, 3.8) is 0 Å². The van der Waals surface area contributed by atoms with Crippen LogP contribution in [-0.2, 0) is 9.59 Å². The van der Waals surface area contributed by atoms with Gasteiger partial charge in [0.25, 0.3) is 11.8 Å². The molecule has 1 fully saturated rings. The number of barbiturate groups is 1. The Kier molecular flexibility index (Phi) is 5.24. The van der Waals surface area contributed by atoms with Crippen molar-refractivity contribution >= 4 is 35.3 Å². The number of amides is 4. The molecule has 2 aromatic carbocycles. The van der Waals surface area contributed by atoms with E-state index in [9.17, 15) is 29.6 Å². The molecule has 1 saturated heterocycles. The van der Waals surface area contributed by atoms with E-state index in [-0.39, 0.29) is 17.0 Å². The molecule has 1 aliphatic heterocycles. The zero-order chi connectivity index (χ0) is 22.2. The molecule has 10 heteroatoms. The number of hydrogen-bond donors (Lipinski definition) is 2. The first-order valence-corrected chi connectivity index (χ1v) is 8.67. The second kappa shape index (κ2) is 7.66. The molecular weight excluding hydrogens is 394 g/mol. The van der Waals surface area contributed by atoms with E-state index in [1.807, 2.05) is 6.07 Å². The molecule has 2 N–H and O–H groups in total. The highest BCUT2D eigenvalue weighted by Gasteiger charge is 2.37. The van der Waals surface area contributed by atoms with Crippen LogP contribution in [0.4, 0.5) is 16.2 Å². The number of urea groups is 1. The van der Waals surface area contributed by atoms with Gasteiger partial charge in [-0.15, -0.1) is 0 Å². The fourth-order valence-corrected chi connectivity index (χ4v) is 3.13. The van der Waals surface area contributed by atoms with Gasteiger partial charge in [0.15, 0.2) is 5.75 Å². The van der Waals surface area contributed by atoms with Crippen LogP contribution in [0.2, 0.25) is 0 Å². The van der Waals surface area contributed by atoms with Crippen LogP contribution in [-0.4, -0.2) is 35.0 Å². The minimum atomic E-state index is -0.944. The van der Waals surface area contributed by atoms with Crippen molar-refractivity contribution in [2.75, 3.05) is 12.0 Å². The Bertz CT molecular complexity index is 1120. The van der Waals surface area contributed by atoms with Crippen LogP contribution in [0.3, 0.4) is 0 Å². The van der Waals surface area contributed by atoms with Gasteiger partial charge >= 0.3 is 11.7 Å². The maximum atomic E-state index is 13.0. The number of phenolic OH excluding ortho intramolecular Hbond substituents is 1. The summed E-state index contributed by atoms with van der Waals surface area (Å²) in [5.41, 5.74) is 0.897. The first kappa shape index (κ1) is 20.5. The smallest absolute Gasteiger partial charge is 0.335 e. The van der Waals surface area contributed by atoms with Crippen LogP contribution in [0, 0.1) is 24.0 Å². The average Bonchev–Trinajstić information content (AvgIpc) is 2.64. The summed E-state index contributed by atoms with van der Waals surface area (Å²) in [6.07, 6.45) is 1.09. The van der Waals surface area contributed by atoms with Crippen molar-refractivity contribution < 1.29 is 29.2 Å². The maximum absolute atomic E-state index is 13.0. The van der Waals surface area contributed by atoms with Gasteiger partial charge in [-0.3, -0.25) is 25.0 Å². The summed E-state index contributed by atoms with van der Waals surface area (Å²) < 4.78 is 4.92. The summed E-state index contributed by atoms with van der Waals surface area (Å²) in [6.45, 7) is 3.60. The Hall–Kier alpha value is -4.21. The molecule has 10 nitrogen and oxygen atoms in total. The van der Waals surface area contributed by atoms with Crippen molar-refractivity contribution in [1.82, 2.24) is 5.32 Å². The third kappa shape index (κ3) is 3.70. The summed E-state index contributed by atoms with van der Waals surface area (Å²) in [4.78, 5) is 48.8. The van der Waals surface area contributed by atoms with Crippen molar-refractivity contribution in [2.24, 2.45) is 0 Å². The number of aryl methyl sites for hydroxylation is 2. The number of imide groups is 2. The number of phenols is 1. The molecule has 0 unspecified atom stereocenters. The van der Waals surface area contributed by atoms with Gasteiger partial charge in [0.05, 0.1) is 17.7 Å². The summed E-state index contributed by atoms with van der Waals surface area (Å²) >= 11 is 0. The second-order valence-corrected chi connectivity index (χ2v) is 6.65. The van der Waals surface area contributed by atoms with Crippen LogP contribution in [0.15, 0.2) is 35.9 Å². The molecule has 30 heavy (non-hydrogen) atoms. The standard InChI is InChI=1S/C20H17N3O7/c1-10-4-11(2)6-13(5-10)22-19(26)14(18(25)21-20(22)27)7-12-8-15(23(28)29)17(24)16(9-12)30-3/h4-9,24H,1-3H3,(H,21,25,27).